The van der Waals surface area contributed by atoms with Gasteiger partial charge in [0.1, 0.15) is 0 Å². The zero-order chi connectivity index (χ0) is 8.23. The summed E-state index contributed by atoms with van der Waals surface area (Å²) in [4.78, 5) is 8.08. The molecule has 0 aliphatic rings. The van der Waals surface area contributed by atoms with E-state index < -0.39 is 0 Å². The van der Waals surface area contributed by atoms with Gasteiger partial charge >= 0.3 is 0 Å². The van der Waals surface area contributed by atoms with Crippen molar-refractivity contribution < 1.29 is 20.1 Å². The Morgan fingerprint density at radius 3 is 2.62 bits per heavy atom. The van der Waals surface area contributed by atoms with Gasteiger partial charge in [0.15, 0.2) is 0 Å². The summed E-state index contributed by atoms with van der Waals surface area (Å²) in [5.74, 6) is 0. The number of nitrogens with zero attached hydrogens (tertiary/aromatic N) is 2. The van der Waals surface area contributed by atoms with Crippen LogP contribution in [0.3, 0.4) is 0 Å². The van der Waals surface area contributed by atoms with Crippen LogP contribution in [-0.2, 0) is 20.1 Å². The molecule has 2 nitrogen and oxygen atoms in total. The molecule has 1 radical (unpaired) electrons. The van der Waals surface area contributed by atoms with Gasteiger partial charge in [-0.05, 0) is 24.2 Å². The first-order chi connectivity index (χ1) is 5.97. The van der Waals surface area contributed by atoms with E-state index >= 15 is 0 Å². The average Bonchev–Trinajstić information content (AvgIpc) is 2.21. The fourth-order valence-electron chi connectivity index (χ4n) is 0.997. The molecule has 0 N–H and O–H groups in total. The van der Waals surface area contributed by atoms with Gasteiger partial charge in [-0.2, -0.15) is 11.6 Å². The molecule has 0 aliphatic carbocycles. The van der Waals surface area contributed by atoms with Gasteiger partial charge in [-0.15, -0.1) is 6.07 Å². The molecule has 0 aromatic carbocycles. The first-order valence-corrected chi connectivity index (χ1v) is 3.70. The molecule has 0 saturated carbocycles. The molecular formula is C10H7IrN2-. The quantitative estimate of drug-likeness (QED) is 0.737. The van der Waals surface area contributed by atoms with Gasteiger partial charge in [0.2, 0.25) is 0 Å². The summed E-state index contributed by atoms with van der Waals surface area (Å²) in [5.41, 5.74) is 1.91. The number of hydrogen-bond acceptors (Lipinski definition) is 2. The molecule has 2 rings (SSSR count). The topological polar surface area (TPSA) is 25.8 Å². The van der Waals surface area contributed by atoms with Crippen LogP contribution >= 0.6 is 0 Å². The minimum absolute atomic E-state index is 0. The van der Waals surface area contributed by atoms with Gasteiger partial charge in [0.05, 0.1) is 0 Å². The van der Waals surface area contributed by atoms with E-state index in [9.17, 15) is 0 Å². The Hall–Kier alpha value is -1.05. The molecule has 3 heteroatoms. The Labute approximate surface area is 90.4 Å². The third kappa shape index (κ3) is 2.44. The van der Waals surface area contributed by atoms with Crippen LogP contribution in [0.15, 0.2) is 42.9 Å². The Balaban J connectivity index is 0.000000845. The van der Waals surface area contributed by atoms with Gasteiger partial charge in [-0.3, -0.25) is 4.98 Å². The predicted octanol–water partition coefficient (Wildman–Crippen LogP) is 1.94. The summed E-state index contributed by atoms with van der Waals surface area (Å²) in [6.07, 6.45) is 5.15. The molecule has 0 bridgehead atoms. The van der Waals surface area contributed by atoms with Crippen LogP contribution in [0.1, 0.15) is 0 Å². The van der Waals surface area contributed by atoms with E-state index in [4.69, 9.17) is 0 Å². The minimum Gasteiger partial charge on any atom is -0.321 e. The fraction of sp³-hybridized carbons (Fsp3) is 0. The molecule has 0 amide bonds. The van der Waals surface area contributed by atoms with Crippen LogP contribution in [0.2, 0.25) is 0 Å². The first kappa shape index (κ1) is 10.0. The van der Waals surface area contributed by atoms with Crippen molar-refractivity contribution in [3.05, 3.63) is 48.9 Å². The normalized spacial score (nSPS) is 8.92. The van der Waals surface area contributed by atoms with E-state index in [1.165, 1.54) is 0 Å². The summed E-state index contributed by atoms with van der Waals surface area (Å²) >= 11 is 0. The van der Waals surface area contributed by atoms with Crippen LogP contribution in [0, 0.1) is 6.07 Å². The maximum atomic E-state index is 4.19. The largest absolute Gasteiger partial charge is 0.321 e. The molecule has 0 saturated heterocycles. The molecular weight excluding hydrogens is 340 g/mol. The molecule has 2 aromatic heterocycles. The smallest absolute Gasteiger partial charge is 0.0124 e. The first-order valence-electron chi connectivity index (χ1n) is 3.70. The SMILES string of the molecule is [Ir].[c-]1cnccc1-c1ccccn1. The summed E-state index contributed by atoms with van der Waals surface area (Å²) in [7, 11) is 0. The Morgan fingerprint density at radius 2 is 2.00 bits per heavy atom. The predicted molar refractivity (Wildman–Crippen MR) is 46.3 cm³/mol. The zero-order valence-electron chi connectivity index (χ0n) is 6.77. The van der Waals surface area contributed by atoms with E-state index in [0.29, 0.717) is 0 Å². The molecule has 0 aliphatic heterocycles. The summed E-state index contributed by atoms with van der Waals surface area (Å²) in [5, 5.41) is 0. The Bertz CT molecular complexity index is 310. The van der Waals surface area contributed by atoms with Crippen LogP contribution in [0.4, 0.5) is 0 Å². The van der Waals surface area contributed by atoms with Crippen molar-refractivity contribution in [3.63, 3.8) is 0 Å². The maximum Gasteiger partial charge on any atom is 0.0124 e. The monoisotopic (exact) mass is 348 g/mol. The standard InChI is InChI=1S/C10H7N2.Ir/c1-2-6-12-10(3-1)9-4-7-11-8-5-9;/h1-4,6-8H;/q-1;. The van der Waals surface area contributed by atoms with Crippen molar-refractivity contribution in [2.45, 2.75) is 0 Å². The van der Waals surface area contributed by atoms with Gasteiger partial charge in [-0.25, -0.2) is 0 Å². The number of hydrogen-bond donors (Lipinski definition) is 0. The number of pyridine rings is 2. The molecule has 2 heterocycles. The minimum atomic E-state index is 0. The second-order valence-corrected chi connectivity index (χ2v) is 2.37. The van der Waals surface area contributed by atoms with Crippen LogP contribution in [-0.4, -0.2) is 9.97 Å². The van der Waals surface area contributed by atoms with Crippen LogP contribution in [0.5, 0.6) is 0 Å². The molecule has 0 unspecified atom stereocenters. The second-order valence-electron chi connectivity index (χ2n) is 2.37. The zero-order valence-corrected chi connectivity index (χ0v) is 9.16. The average molecular weight is 347 g/mol. The molecule has 13 heavy (non-hydrogen) atoms. The molecule has 2 aromatic rings. The maximum absolute atomic E-state index is 4.19. The second kappa shape index (κ2) is 4.85. The van der Waals surface area contributed by atoms with Gasteiger partial charge in [0, 0.05) is 26.3 Å². The molecule has 67 valence electrons. The third-order valence-electron chi connectivity index (χ3n) is 1.56. The van der Waals surface area contributed by atoms with E-state index in [1.807, 2.05) is 24.3 Å². The summed E-state index contributed by atoms with van der Waals surface area (Å²) < 4.78 is 0. The van der Waals surface area contributed by atoms with Crippen molar-refractivity contribution in [3.8, 4) is 11.3 Å². The van der Waals surface area contributed by atoms with Crippen molar-refractivity contribution in [1.82, 2.24) is 9.97 Å². The summed E-state index contributed by atoms with van der Waals surface area (Å²) in [6, 6.07) is 10.7. The molecule has 0 atom stereocenters. The van der Waals surface area contributed by atoms with Crippen molar-refractivity contribution in [2.24, 2.45) is 0 Å². The Morgan fingerprint density at radius 1 is 1.08 bits per heavy atom. The third-order valence-corrected chi connectivity index (χ3v) is 1.56. The van der Waals surface area contributed by atoms with E-state index in [0.717, 1.165) is 11.3 Å². The fourth-order valence-corrected chi connectivity index (χ4v) is 0.997. The van der Waals surface area contributed by atoms with E-state index in [-0.39, 0.29) is 20.1 Å². The number of rotatable bonds is 1. The van der Waals surface area contributed by atoms with E-state index in [1.54, 1.807) is 18.6 Å². The van der Waals surface area contributed by atoms with E-state index in [2.05, 4.69) is 16.0 Å². The molecule has 0 fully saturated rings. The van der Waals surface area contributed by atoms with Gasteiger partial charge < -0.3 is 4.98 Å². The van der Waals surface area contributed by atoms with Gasteiger partial charge in [-0.1, -0.05) is 12.1 Å². The van der Waals surface area contributed by atoms with Crippen LogP contribution in [0.25, 0.3) is 11.3 Å². The number of aromatic nitrogens is 2. The molecule has 0 spiro atoms. The summed E-state index contributed by atoms with van der Waals surface area (Å²) in [6.45, 7) is 0. The Kier molecular flexibility index (Phi) is 3.74. The van der Waals surface area contributed by atoms with Crippen molar-refractivity contribution in [1.29, 1.82) is 0 Å². The van der Waals surface area contributed by atoms with Crippen LogP contribution < -0.4 is 0 Å². The van der Waals surface area contributed by atoms with Crippen molar-refractivity contribution in [2.75, 3.05) is 0 Å². The van der Waals surface area contributed by atoms with Crippen molar-refractivity contribution >= 4 is 0 Å². The van der Waals surface area contributed by atoms with Gasteiger partial charge in [0.25, 0.3) is 0 Å².